The zero-order chi connectivity index (χ0) is 13.9. The van der Waals surface area contributed by atoms with Crippen LogP contribution in [0, 0.1) is 11.3 Å². The largest absolute Gasteiger partial charge is 0.392 e. The van der Waals surface area contributed by atoms with Gasteiger partial charge >= 0.3 is 0 Å². The Labute approximate surface area is 120 Å². The maximum absolute atomic E-state index is 12.8. The standard InChI is InChI=1S/C14H24N2O2S/c1-18-10-11-5-4-8-16(9-11)13(17)14(12(15)19)6-2-3-7-14/h11H,2-10H2,1H3,(H2,15,19). The number of hydrogen-bond acceptors (Lipinski definition) is 3. The average molecular weight is 284 g/mol. The molecule has 0 aromatic carbocycles. The monoisotopic (exact) mass is 284 g/mol. The molecular weight excluding hydrogens is 260 g/mol. The van der Waals surface area contributed by atoms with Gasteiger partial charge in [-0.05, 0) is 31.6 Å². The number of hydrogen-bond donors (Lipinski definition) is 1. The van der Waals surface area contributed by atoms with E-state index in [1.54, 1.807) is 7.11 Å². The fourth-order valence-electron chi connectivity index (χ4n) is 3.47. The highest BCUT2D eigenvalue weighted by molar-refractivity contribution is 7.80. The maximum atomic E-state index is 12.8. The molecule has 1 atom stereocenters. The second kappa shape index (κ2) is 6.18. The molecule has 0 radical (unpaired) electrons. The summed E-state index contributed by atoms with van der Waals surface area (Å²) < 4.78 is 5.22. The first-order valence-electron chi connectivity index (χ1n) is 7.18. The average Bonchev–Trinajstić information content (AvgIpc) is 2.89. The molecule has 4 nitrogen and oxygen atoms in total. The molecule has 1 aliphatic carbocycles. The predicted molar refractivity (Wildman–Crippen MR) is 78.9 cm³/mol. The third kappa shape index (κ3) is 2.92. The highest BCUT2D eigenvalue weighted by Gasteiger charge is 2.46. The predicted octanol–water partition coefficient (Wildman–Crippen LogP) is 1.72. The van der Waals surface area contributed by atoms with Gasteiger partial charge in [-0.2, -0.15) is 0 Å². The SMILES string of the molecule is COCC1CCCN(C(=O)C2(C(N)=S)CCCC2)C1. The van der Waals surface area contributed by atoms with Crippen LogP contribution in [0.5, 0.6) is 0 Å². The van der Waals surface area contributed by atoms with Crippen molar-refractivity contribution >= 4 is 23.1 Å². The van der Waals surface area contributed by atoms with Crippen molar-refractivity contribution in [3.8, 4) is 0 Å². The van der Waals surface area contributed by atoms with Gasteiger partial charge in [0.25, 0.3) is 0 Å². The Morgan fingerprint density at radius 3 is 2.68 bits per heavy atom. The van der Waals surface area contributed by atoms with Gasteiger partial charge in [0, 0.05) is 20.2 Å². The second-order valence-corrected chi connectivity index (χ2v) is 6.31. The number of piperidine rings is 1. The van der Waals surface area contributed by atoms with E-state index < -0.39 is 5.41 Å². The van der Waals surface area contributed by atoms with Crippen molar-refractivity contribution in [3.63, 3.8) is 0 Å². The Morgan fingerprint density at radius 2 is 2.11 bits per heavy atom. The maximum Gasteiger partial charge on any atom is 0.235 e. The molecular formula is C14H24N2O2S. The van der Waals surface area contributed by atoms with E-state index in [2.05, 4.69) is 0 Å². The summed E-state index contributed by atoms with van der Waals surface area (Å²) in [5.41, 5.74) is 5.34. The number of nitrogens with two attached hydrogens (primary N) is 1. The third-order valence-corrected chi connectivity index (χ3v) is 4.94. The fourth-order valence-corrected chi connectivity index (χ4v) is 3.76. The quantitative estimate of drug-likeness (QED) is 0.799. The van der Waals surface area contributed by atoms with Crippen LogP contribution in [0.1, 0.15) is 38.5 Å². The first kappa shape index (κ1) is 14.7. The molecule has 0 aromatic rings. The molecule has 2 aliphatic rings. The zero-order valence-corrected chi connectivity index (χ0v) is 12.5. The smallest absolute Gasteiger partial charge is 0.235 e. The lowest BCUT2D eigenvalue weighted by atomic mass is 9.83. The van der Waals surface area contributed by atoms with E-state index in [0.717, 1.165) is 58.2 Å². The first-order chi connectivity index (χ1) is 9.10. The topological polar surface area (TPSA) is 55.6 Å². The van der Waals surface area contributed by atoms with Gasteiger partial charge < -0.3 is 15.4 Å². The van der Waals surface area contributed by atoms with Gasteiger partial charge in [-0.15, -0.1) is 0 Å². The van der Waals surface area contributed by atoms with Crippen molar-refractivity contribution in [2.24, 2.45) is 17.1 Å². The number of thiocarbonyl (C=S) groups is 1. The number of nitrogens with zero attached hydrogens (tertiary/aromatic N) is 1. The van der Waals surface area contributed by atoms with Gasteiger partial charge in [-0.3, -0.25) is 4.79 Å². The minimum atomic E-state index is -0.551. The Balaban J connectivity index is 2.07. The molecule has 2 rings (SSSR count). The molecule has 1 aliphatic heterocycles. The molecule has 1 amide bonds. The summed E-state index contributed by atoms with van der Waals surface area (Å²) in [5.74, 6) is 0.616. The molecule has 2 fully saturated rings. The van der Waals surface area contributed by atoms with Crippen molar-refractivity contribution in [1.82, 2.24) is 4.90 Å². The Morgan fingerprint density at radius 1 is 1.42 bits per heavy atom. The van der Waals surface area contributed by atoms with Crippen molar-refractivity contribution in [2.75, 3.05) is 26.8 Å². The van der Waals surface area contributed by atoms with E-state index in [-0.39, 0.29) is 5.91 Å². The lowest BCUT2D eigenvalue weighted by Gasteiger charge is -2.38. The van der Waals surface area contributed by atoms with Crippen LogP contribution < -0.4 is 5.73 Å². The van der Waals surface area contributed by atoms with Gasteiger partial charge in [-0.1, -0.05) is 25.1 Å². The number of amides is 1. The molecule has 0 aromatic heterocycles. The molecule has 108 valence electrons. The van der Waals surface area contributed by atoms with Crippen LogP contribution >= 0.6 is 12.2 Å². The summed E-state index contributed by atoms with van der Waals surface area (Å²) in [6, 6.07) is 0. The lowest BCUT2D eigenvalue weighted by Crippen LogP contribution is -2.52. The van der Waals surface area contributed by atoms with Crippen molar-refractivity contribution in [1.29, 1.82) is 0 Å². The molecule has 2 N–H and O–H groups in total. The van der Waals surface area contributed by atoms with Gasteiger partial charge in [0.2, 0.25) is 5.91 Å². The van der Waals surface area contributed by atoms with Crippen molar-refractivity contribution < 1.29 is 9.53 Å². The van der Waals surface area contributed by atoms with E-state index in [0.29, 0.717) is 10.9 Å². The van der Waals surface area contributed by atoms with Crippen LogP contribution in [0.4, 0.5) is 0 Å². The Bertz CT molecular complexity index is 351. The lowest BCUT2D eigenvalue weighted by molar-refractivity contribution is -0.140. The molecule has 1 saturated carbocycles. The summed E-state index contributed by atoms with van der Waals surface area (Å²) in [6.45, 7) is 2.35. The van der Waals surface area contributed by atoms with Crippen molar-refractivity contribution in [2.45, 2.75) is 38.5 Å². The van der Waals surface area contributed by atoms with Gasteiger partial charge in [0.15, 0.2) is 0 Å². The van der Waals surface area contributed by atoms with Crippen LogP contribution in [0.25, 0.3) is 0 Å². The minimum Gasteiger partial charge on any atom is -0.392 e. The minimum absolute atomic E-state index is 0.165. The number of ether oxygens (including phenoxy) is 1. The molecule has 5 heteroatoms. The fraction of sp³-hybridized carbons (Fsp3) is 0.857. The number of carbonyl (C=O) groups is 1. The third-order valence-electron chi connectivity index (χ3n) is 4.55. The van der Waals surface area contributed by atoms with E-state index in [1.807, 2.05) is 4.90 Å². The molecule has 0 spiro atoms. The highest BCUT2D eigenvalue weighted by atomic mass is 32.1. The summed E-state index contributed by atoms with van der Waals surface area (Å²) in [6.07, 6.45) is 5.95. The second-order valence-electron chi connectivity index (χ2n) is 5.87. The summed E-state index contributed by atoms with van der Waals surface area (Å²) in [5, 5.41) is 0. The van der Waals surface area contributed by atoms with Gasteiger partial charge in [-0.25, -0.2) is 0 Å². The summed E-state index contributed by atoms with van der Waals surface area (Å²) in [7, 11) is 1.72. The van der Waals surface area contributed by atoms with E-state index in [9.17, 15) is 4.79 Å². The van der Waals surface area contributed by atoms with Gasteiger partial charge in [0.1, 0.15) is 0 Å². The van der Waals surface area contributed by atoms with E-state index >= 15 is 0 Å². The van der Waals surface area contributed by atoms with E-state index in [4.69, 9.17) is 22.7 Å². The molecule has 1 heterocycles. The van der Waals surface area contributed by atoms with Crippen LogP contribution in [-0.4, -0.2) is 42.6 Å². The molecule has 19 heavy (non-hydrogen) atoms. The number of likely N-dealkylation sites (tertiary alicyclic amines) is 1. The van der Waals surface area contributed by atoms with E-state index in [1.165, 1.54) is 0 Å². The van der Waals surface area contributed by atoms with Crippen LogP contribution in [0.2, 0.25) is 0 Å². The molecule has 0 bridgehead atoms. The number of methoxy groups -OCH3 is 1. The van der Waals surface area contributed by atoms with Crippen LogP contribution in [-0.2, 0) is 9.53 Å². The van der Waals surface area contributed by atoms with Crippen LogP contribution in [0.15, 0.2) is 0 Å². The van der Waals surface area contributed by atoms with Gasteiger partial charge in [0.05, 0.1) is 17.0 Å². The summed E-state index contributed by atoms with van der Waals surface area (Å²) >= 11 is 5.20. The van der Waals surface area contributed by atoms with Crippen LogP contribution in [0.3, 0.4) is 0 Å². The normalized spacial score (nSPS) is 26.4. The molecule has 1 unspecified atom stereocenters. The highest BCUT2D eigenvalue weighted by Crippen LogP contribution is 2.40. The Hall–Kier alpha value is -0.680. The summed E-state index contributed by atoms with van der Waals surface area (Å²) in [4.78, 5) is 15.2. The Kier molecular flexibility index (Phi) is 4.79. The first-order valence-corrected chi connectivity index (χ1v) is 7.59. The van der Waals surface area contributed by atoms with Crippen molar-refractivity contribution in [3.05, 3.63) is 0 Å². The number of rotatable bonds is 4. The molecule has 1 saturated heterocycles. The zero-order valence-electron chi connectivity index (χ0n) is 11.7. The number of carbonyl (C=O) groups excluding carboxylic acids is 1.